The molecule has 1 saturated heterocycles. The van der Waals surface area contributed by atoms with Crippen LogP contribution in [0.25, 0.3) is 0 Å². The van der Waals surface area contributed by atoms with Crippen molar-refractivity contribution in [2.45, 2.75) is 61.8 Å². The highest BCUT2D eigenvalue weighted by atomic mass is 16.5. The van der Waals surface area contributed by atoms with Gasteiger partial charge in [0.2, 0.25) is 5.79 Å². The number of amides is 1. The van der Waals surface area contributed by atoms with E-state index in [0.29, 0.717) is 17.9 Å². The summed E-state index contributed by atoms with van der Waals surface area (Å²) in [6, 6.07) is 2.99. The number of guanidine groups is 2. The fourth-order valence-corrected chi connectivity index (χ4v) is 6.03. The van der Waals surface area contributed by atoms with Gasteiger partial charge >= 0.3 is 5.96 Å². The Morgan fingerprint density at radius 3 is 2.92 bits per heavy atom. The minimum atomic E-state index is -2.50. The van der Waals surface area contributed by atoms with E-state index in [2.05, 4.69) is 44.8 Å². The van der Waals surface area contributed by atoms with E-state index in [1.807, 2.05) is 6.07 Å². The van der Waals surface area contributed by atoms with Crippen molar-refractivity contribution in [1.29, 1.82) is 0 Å². The van der Waals surface area contributed by atoms with E-state index in [-0.39, 0.29) is 30.4 Å². The highest BCUT2D eigenvalue weighted by Gasteiger charge is 2.76. The van der Waals surface area contributed by atoms with Crippen LogP contribution in [0.5, 0.6) is 5.75 Å². The largest absolute Gasteiger partial charge is 0.492 e. The quantitative estimate of drug-likeness (QED) is 0.198. The first-order valence-electron chi connectivity index (χ1n) is 12.2. The number of nitrogens with one attached hydrogen (secondary N) is 3. The van der Waals surface area contributed by atoms with Crippen molar-refractivity contribution in [3.63, 3.8) is 0 Å². The predicted molar refractivity (Wildman–Crippen MR) is 130 cm³/mol. The molecule has 4 atom stereocenters. The van der Waals surface area contributed by atoms with Gasteiger partial charge in [-0.25, -0.2) is 10.3 Å². The van der Waals surface area contributed by atoms with Crippen LogP contribution in [0.1, 0.15) is 36.2 Å². The summed E-state index contributed by atoms with van der Waals surface area (Å²) in [6.07, 6.45) is 4.04. The van der Waals surface area contributed by atoms with Gasteiger partial charge in [0.1, 0.15) is 17.8 Å². The first-order valence-corrected chi connectivity index (χ1v) is 12.2. The molecule has 0 aliphatic carbocycles. The van der Waals surface area contributed by atoms with Gasteiger partial charge in [0.05, 0.1) is 31.5 Å². The van der Waals surface area contributed by atoms with E-state index in [4.69, 9.17) is 16.2 Å². The Hall–Kier alpha value is -3.91. The van der Waals surface area contributed by atoms with E-state index in [9.17, 15) is 15.0 Å². The molecule has 37 heavy (non-hydrogen) atoms. The number of ether oxygens (including phenoxy) is 1. The number of para-hydroxylation sites is 1. The van der Waals surface area contributed by atoms with Gasteiger partial charge < -0.3 is 26.0 Å². The number of carbonyl (C=O) groups is 1. The Morgan fingerprint density at radius 2 is 2.16 bits per heavy atom. The highest BCUT2D eigenvalue weighted by molar-refractivity contribution is 5.98. The fourth-order valence-electron chi connectivity index (χ4n) is 6.03. The molecule has 196 valence electrons. The van der Waals surface area contributed by atoms with Crippen LogP contribution in [0.4, 0.5) is 0 Å². The van der Waals surface area contributed by atoms with Crippen LogP contribution in [0.3, 0.4) is 0 Å². The zero-order valence-electron chi connectivity index (χ0n) is 20.5. The summed E-state index contributed by atoms with van der Waals surface area (Å²) < 4.78 is 7.47. The van der Waals surface area contributed by atoms with Crippen LogP contribution in [-0.2, 0) is 12.0 Å². The van der Waals surface area contributed by atoms with Gasteiger partial charge in [-0.2, -0.15) is 0 Å². The van der Waals surface area contributed by atoms with Crippen LogP contribution in [0.15, 0.2) is 35.6 Å². The maximum Gasteiger partial charge on any atom is 0.343 e. The summed E-state index contributed by atoms with van der Waals surface area (Å²) >= 11 is 0. The van der Waals surface area contributed by atoms with Crippen molar-refractivity contribution in [1.82, 2.24) is 30.5 Å². The van der Waals surface area contributed by atoms with Crippen LogP contribution in [-0.4, -0.2) is 90.7 Å². The Bertz CT molecular complexity index is 1310. The molecule has 1 amide bonds. The average molecular weight is 512 g/mol. The molecular formula is C23H31N10O4+. The number of hydrogen-bond acceptors (Lipinski definition) is 11. The van der Waals surface area contributed by atoms with E-state index >= 15 is 0 Å². The normalized spacial score (nSPS) is 30.7. The maximum atomic E-state index is 13.5. The molecule has 1 fully saturated rings. The van der Waals surface area contributed by atoms with Crippen LogP contribution in [0, 0.1) is 0 Å². The minimum Gasteiger partial charge on any atom is -0.492 e. The number of aliphatic hydroxyl groups is 2. The zero-order chi connectivity index (χ0) is 26.2. The molecule has 1 aromatic heterocycles. The predicted octanol–water partition coefficient (Wildman–Crippen LogP) is -4.11. The fraction of sp³-hybridized carbons (Fsp3) is 0.522. The molecule has 0 bridgehead atoms. The molecular weight excluding hydrogens is 480 g/mol. The number of fused-ring (bicyclic) bond motifs is 1. The number of nitrogens with two attached hydrogens (primary N) is 2. The van der Waals surface area contributed by atoms with Gasteiger partial charge in [0.15, 0.2) is 12.0 Å². The summed E-state index contributed by atoms with van der Waals surface area (Å²) in [5.41, 5.74) is 12.0. The third-order valence-electron chi connectivity index (χ3n) is 8.00. The first-order chi connectivity index (χ1) is 17.5. The van der Waals surface area contributed by atoms with Gasteiger partial charge in [-0.15, -0.1) is 5.10 Å². The number of benzene rings is 1. The third-order valence-corrected chi connectivity index (χ3v) is 8.00. The lowest BCUT2D eigenvalue weighted by molar-refractivity contribution is -0.522. The molecule has 14 heteroatoms. The van der Waals surface area contributed by atoms with Crippen LogP contribution >= 0.6 is 0 Å². The van der Waals surface area contributed by atoms with Gasteiger partial charge in [0.25, 0.3) is 11.6 Å². The number of aromatic nitrogens is 3. The molecule has 6 rings (SSSR count). The van der Waals surface area contributed by atoms with E-state index in [1.54, 1.807) is 23.0 Å². The second-order valence-electron chi connectivity index (χ2n) is 10.6. The second-order valence-corrected chi connectivity index (χ2v) is 10.6. The Morgan fingerprint density at radius 1 is 1.35 bits per heavy atom. The lowest BCUT2D eigenvalue weighted by Gasteiger charge is -2.46. The van der Waals surface area contributed by atoms with Gasteiger partial charge in [0, 0.05) is 11.8 Å². The molecule has 4 aliphatic rings. The van der Waals surface area contributed by atoms with Crippen molar-refractivity contribution in [2.24, 2.45) is 16.5 Å². The van der Waals surface area contributed by atoms with E-state index < -0.39 is 35.5 Å². The number of rotatable bonds is 4. The van der Waals surface area contributed by atoms with E-state index in [1.165, 1.54) is 11.1 Å². The van der Waals surface area contributed by atoms with Crippen LogP contribution in [0.2, 0.25) is 0 Å². The molecule has 2 aromatic rings. The summed E-state index contributed by atoms with van der Waals surface area (Å²) in [5, 5.41) is 36.9. The van der Waals surface area contributed by atoms with Crippen molar-refractivity contribution >= 4 is 17.8 Å². The molecule has 14 nitrogen and oxygen atoms in total. The highest BCUT2D eigenvalue weighted by Crippen LogP contribution is 2.43. The Kier molecular flexibility index (Phi) is 4.95. The smallest absolute Gasteiger partial charge is 0.343 e. The average Bonchev–Trinajstić information content (AvgIpc) is 3.52. The number of carbonyl (C=O) groups excluding carboxylic acids is 1. The standard InChI is InChI=1S/C23H30N10O4/c1-21(2)6-9-37-16-12(4-3-5-13(16)21)18(34)28-15-11-33-20(25)27-14(10-32-8-7-26-31-32)17-22(33,23(15,35)36)30-19(24)29-17/h3-5,7-8,14-15,17,35-36H,6,9-11H2,1-2H3,(H2,25,27)(H,28,34)(H3,24,29,30)/p+1/t14-,15?,17-,22-/m0/s1. The van der Waals surface area contributed by atoms with Crippen molar-refractivity contribution in [3.05, 3.63) is 41.7 Å². The summed E-state index contributed by atoms with van der Waals surface area (Å²) in [7, 11) is 0. The monoisotopic (exact) mass is 511 g/mol. The van der Waals surface area contributed by atoms with Crippen molar-refractivity contribution < 1.29 is 24.7 Å². The Balaban J connectivity index is 1.33. The summed E-state index contributed by atoms with van der Waals surface area (Å²) in [4.78, 5) is 22.7. The second kappa shape index (κ2) is 7.79. The molecule has 9 N–H and O–H groups in total. The van der Waals surface area contributed by atoms with Gasteiger partial charge in [-0.3, -0.25) is 25.1 Å². The Labute approximate surface area is 212 Å². The molecule has 1 unspecified atom stereocenters. The maximum absolute atomic E-state index is 13.5. The first kappa shape index (κ1) is 23.5. The molecule has 1 spiro atoms. The SMILES string of the molecule is CC1(C)CCOc2c(C(=O)NC3CN4C(N)=N[C@@H](Cn5ccnn5)[C@@H]5[NH+]=C(N)N[C@@]54C3(O)O)cccc21. The number of hydrogen-bond donors (Lipinski definition) is 7. The lowest BCUT2D eigenvalue weighted by atomic mass is 9.79. The lowest BCUT2D eigenvalue weighted by Crippen LogP contribution is -2.90. The van der Waals surface area contributed by atoms with Gasteiger partial charge in [-0.05, 0) is 17.9 Å². The molecule has 1 aromatic carbocycles. The molecule has 0 radical (unpaired) electrons. The summed E-state index contributed by atoms with van der Waals surface area (Å²) in [5.74, 6) is -2.26. The zero-order valence-corrected chi connectivity index (χ0v) is 20.5. The van der Waals surface area contributed by atoms with E-state index in [0.717, 1.165) is 12.0 Å². The van der Waals surface area contributed by atoms with Crippen LogP contribution < -0.4 is 31.8 Å². The molecule has 0 saturated carbocycles. The number of nitrogens with zero attached hydrogens (tertiary/aromatic N) is 5. The van der Waals surface area contributed by atoms with Crippen molar-refractivity contribution in [3.8, 4) is 5.75 Å². The molecule has 5 heterocycles. The van der Waals surface area contributed by atoms with Gasteiger partial charge in [-0.1, -0.05) is 31.2 Å². The molecule has 4 aliphatic heterocycles. The summed E-state index contributed by atoms with van der Waals surface area (Å²) in [6.45, 7) is 4.94. The number of aliphatic imine (C=N–C) groups is 1. The van der Waals surface area contributed by atoms with Crippen molar-refractivity contribution in [2.75, 3.05) is 13.2 Å². The topological polar surface area (TPSA) is 203 Å². The third kappa shape index (κ3) is 3.28. The minimum absolute atomic E-state index is 0.0239.